The summed E-state index contributed by atoms with van der Waals surface area (Å²) < 4.78 is 6.03. The van der Waals surface area contributed by atoms with Crippen LogP contribution >= 0.6 is 0 Å². The van der Waals surface area contributed by atoms with E-state index in [1.807, 2.05) is 24.3 Å². The number of ketones is 1. The molecule has 0 aliphatic carbocycles. The van der Waals surface area contributed by atoms with Gasteiger partial charge in [0.25, 0.3) is 0 Å². The topological polar surface area (TPSA) is 26.3 Å². The van der Waals surface area contributed by atoms with Gasteiger partial charge in [-0.1, -0.05) is 20.8 Å². The molecule has 130 valence electrons. The zero-order valence-corrected chi connectivity index (χ0v) is 15.6. The van der Waals surface area contributed by atoms with Crippen LogP contribution in [0.3, 0.4) is 0 Å². The van der Waals surface area contributed by atoms with Crippen LogP contribution in [0.4, 0.5) is 0 Å². The first-order chi connectivity index (χ1) is 10.6. The first-order valence-corrected chi connectivity index (χ1v) is 8.34. The van der Waals surface area contributed by atoms with Gasteiger partial charge in [-0.25, -0.2) is 0 Å². The molecule has 0 aliphatic rings. The molecule has 0 N–H and O–H groups in total. The third-order valence-corrected chi connectivity index (χ3v) is 3.92. The number of carbonyl (C=O) groups excluding carboxylic acids is 1. The van der Waals surface area contributed by atoms with Crippen LogP contribution in [0.25, 0.3) is 0 Å². The standard InChI is InChI=1S/C19H30NO2.ClH/c1-5-13-20(14-6-2,15-7-3)16-12-19(21)17-8-10-18(22-4)11-9-17;/h8-12,16H,5-7,13-15H2,1-4H3;1H/q+1;/p-1/b16-12+;. The SMILES string of the molecule is CCC[N+](/C=C/C(=O)c1ccc(OC)cc1)(CCC)CCC.[Cl-]. The Kier molecular flexibility index (Phi) is 10.6. The van der Waals surface area contributed by atoms with E-state index in [1.165, 1.54) is 0 Å². The predicted octanol–water partition coefficient (Wildman–Crippen LogP) is 1.44. The summed E-state index contributed by atoms with van der Waals surface area (Å²) in [5, 5.41) is 0. The fraction of sp³-hybridized carbons (Fsp3) is 0.526. The van der Waals surface area contributed by atoms with Crippen LogP contribution in [0.15, 0.2) is 36.5 Å². The van der Waals surface area contributed by atoms with Crippen molar-refractivity contribution in [1.82, 2.24) is 0 Å². The molecule has 0 unspecified atom stereocenters. The lowest BCUT2D eigenvalue weighted by molar-refractivity contribution is -0.879. The molecule has 0 aliphatic heterocycles. The summed E-state index contributed by atoms with van der Waals surface area (Å²) in [5.74, 6) is 0.835. The number of quaternary nitrogens is 1. The first-order valence-electron chi connectivity index (χ1n) is 8.34. The van der Waals surface area contributed by atoms with Crippen LogP contribution < -0.4 is 17.1 Å². The number of nitrogens with zero attached hydrogens (tertiary/aromatic N) is 1. The quantitative estimate of drug-likeness (QED) is 0.366. The van der Waals surface area contributed by atoms with Crippen molar-refractivity contribution in [2.24, 2.45) is 0 Å². The molecule has 0 radical (unpaired) electrons. The predicted molar refractivity (Wildman–Crippen MR) is 92.2 cm³/mol. The first kappa shape index (κ1) is 21.7. The van der Waals surface area contributed by atoms with Crippen molar-refractivity contribution < 1.29 is 26.4 Å². The number of allylic oxidation sites excluding steroid dienone is 1. The minimum absolute atomic E-state index is 0. The van der Waals surface area contributed by atoms with E-state index in [-0.39, 0.29) is 18.2 Å². The van der Waals surface area contributed by atoms with Crippen molar-refractivity contribution in [1.29, 1.82) is 0 Å². The highest BCUT2D eigenvalue weighted by atomic mass is 35.5. The summed E-state index contributed by atoms with van der Waals surface area (Å²) in [5.41, 5.74) is 0.708. The summed E-state index contributed by atoms with van der Waals surface area (Å²) in [4.78, 5) is 12.4. The monoisotopic (exact) mass is 339 g/mol. The van der Waals surface area contributed by atoms with Gasteiger partial charge in [0.15, 0.2) is 5.78 Å². The minimum atomic E-state index is 0. The van der Waals surface area contributed by atoms with Gasteiger partial charge < -0.3 is 17.1 Å². The van der Waals surface area contributed by atoms with Crippen LogP contribution in [-0.2, 0) is 0 Å². The summed E-state index contributed by atoms with van der Waals surface area (Å²) in [7, 11) is 1.63. The minimum Gasteiger partial charge on any atom is -1.00 e. The zero-order valence-electron chi connectivity index (χ0n) is 14.8. The van der Waals surface area contributed by atoms with Gasteiger partial charge in [-0.3, -0.25) is 9.28 Å². The lowest BCUT2D eigenvalue weighted by Gasteiger charge is -2.34. The summed E-state index contributed by atoms with van der Waals surface area (Å²) in [6.07, 6.45) is 7.25. The van der Waals surface area contributed by atoms with Crippen LogP contribution in [0, 0.1) is 0 Å². The van der Waals surface area contributed by atoms with Gasteiger partial charge in [0.2, 0.25) is 0 Å². The van der Waals surface area contributed by atoms with E-state index in [4.69, 9.17) is 4.74 Å². The summed E-state index contributed by atoms with van der Waals surface area (Å²) in [6.45, 7) is 9.89. The number of carbonyl (C=O) groups is 1. The second-order valence-corrected chi connectivity index (χ2v) is 5.80. The third kappa shape index (κ3) is 6.76. The molecule has 3 nitrogen and oxygen atoms in total. The van der Waals surface area contributed by atoms with Gasteiger partial charge in [-0.05, 0) is 43.5 Å². The molecule has 23 heavy (non-hydrogen) atoms. The van der Waals surface area contributed by atoms with Gasteiger partial charge >= 0.3 is 0 Å². The zero-order chi connectivity index (χ0) is 16.4. The van der Waals surface area contributed by atoms with Crippen molar-refractivity contribution in [3.8, 4) is 5.75 Å². The fourth-order valence-electron chi connectivity index (χ4n) is 2.97. The van der Waals surface area contributed by atoms with Crippen LogP contribution in [0.5, 0.6) is 5.75 Å². The lowest BCUT2D eigenvalue weighted by Crippen LogP contribution is -3.00. The van der Waals surface area contributed by atoms with Gasteiger partial charge in [-0.15, -0.1) is 0 Å². The second-order valence-electron chi connectivity index (χ2n) is 5.80. The Morgan fingerprint density at radius 3 is 1.87 bits per heavy atom. The normalized spacial score (nSPS) is 11.3. The Labute approximate surface area is 147 Å². The number of methoxy groups -OCH3 is 1. The average Bonchev–Trinajstić information content (AvgIpc) is 2.53. The Morgan fingerprint density at radius 1 is 1.00 bits per heavy atom. The molecule has 0 saturated carbocycles. The molecular formula is C19H30ClNO2. The van der Waals surface area contributed by atoms with Crippen molar-refractivity contribution >= 4 is 5.78 Å². The van der Waals surface area contributed by atoms with E-state index >= 15 is 0 Å². The number of rotatable bonds is 10. The van der Waals surface area contributed by atoms with Gasteiger partial charge in [-0.2, -0.15) is 0 Å². The van der Waals surface area contributed by atoms with Crippen LogP contribution in [0.1, 0.15) is 50.4 Å². The van der Waals surface area contributed by atoms with Crippen molar-refractivity contribution in [2.45, 2.75) is 40.0 Å². The molecule has 0 fully saturated rings. The Morgan fingerprint density at radius 2 is 1.48 bits per heavy atom. The maximum Gasteiger partial charge on any atom is 0.191 e. The van der Waals surface area contributed by atoms with E-state index in [0.717, 1.165) is 49.1 Å². The molecule has 0 aromatic heterocycles. The average molecular weight is 340 g/mol. The summed E-state index contributed by atoms with van der Waals surface area (Å²) >= 11 is 0. The number of ether oxygens (including phenoxy) is 1. The van der Waals surface area contributed by atoms with Crippen molar-refractivity contribution in [2.75, 3.05) is 26.7 Å². The van der Waals surface area contributed by atoms with Gasteiger partial charge in [0.1, 0.15) is 5.75 Å². The molecule has 1 aromatic carbocycles. The van der Waals surface area contributed by atoms with Crippen molar-refractivity contribution in [3.05, 3.63) is 42.1 Å². The van der Waals surface area contributed by atoms with Gasteiger partial charge in [0, 0.05) is 11.6 Å². The largest absolute Gasteiger partial charge is 1.00 e. The third-order valence-electron chi connectivity index (χ3n) is 3.92. The lowest BCUT2D eigenvalue weighted by atomic mass is 10.1. The van der Waals surface area contributed by atoms with E-state index in [1.54, 1.807) is 13.2 Å². The Bertz CT molecular complexity index is 466. The number of hydrogen-bond acceptors (Lipinski definition) is 2. The molecule has 0 amide bonds. The molecular weight excluding hydrogens is 310 g/mol. The molecule has 0 saturated heterocycles. The molecule has 4 heteroatoms. The van der Waals surface area contributed by atoms with E-state index in [2.05, 4.69) is 27.0 Å². The highest BCUT2D eigenvalue weighted by molar-refractivity contribution is 6.04. The van der Waals surface area contributed by atoms with Crippen LogP contribution in [0.2, 0.25) is 0 Å². The van der Waals surface area contributed by atoms with Gasteiger partial charge in [0.05, 0.1) is 32.9 Å². The number of hydrogen-bond donors (Lipinski definition) is 0. The highest BCUT2D eigenvalue weighted by Gasteiger charge is 2.22. The molecule has 0 atom stereocenters. The molecule has 0 bridgehead atoms. The van der Waals surface area contributed by atoms with E-state index < -0.39 is 0 Å². The number of benzene rings is 1. The number of halogens is 1. The smallest absolute Gasteiger partial charge is 0.191 e. The van der Waals surface area contributed by atoms with Crippen LogP contribution in [-0.4, -0.2) is 37.0 Å². The maximum absolute atomic E-state index is 12.4. The van der Waals surface area contributed by atoms with E-state index in [0.29, 0.717) is 5.56 Å². The molecule has 1 aromatic rings. The Balaban J connectivity index is 0.00000484. The summed E-state index contributed by atoms with van der Waals surface area (Å²) in [6, 6.07) is 7.29. The molecule has 0 spiro atoms. The maximum atomic E-state index is 12.4. The highest BCUT2D eigenvalue weighted by Crippen LogP contribution is 2.15. The molecule has 0 heterocycles. The van der Waals surface area contributed by atoms with Crippen molar-refractivity contribution in [3.63, 3.8) is 0 Å². The second kappa shape index (κ2) is 11.3. The van der Waals surface area contributed by atoms with E-state index in [9.17, 15) is 4.79 Å². The fourth-order valence-corrected chi connectivity index (χ4v) is 2.97. The molecule has 1 rings (SSSR count). The Hall–Kier alpha value is -1.32.